The number of carbonyl (C=O) groups is 1. The van der Waals surface area contributed by atoms with Crippen LogP contribution in [0.2, 0.25) is 5.02 Å². The number of amides is 1. The summed E-state index contributed by atoms with van der Waals surface area (Å²) in [7, 11) is 7.45. The number of carbonyl (C=O) groups excluding carboxylic acids is 1. The lowest BCUT2D eigenvalue weighted by Gasteiger charge is -2.16. The number of hydrogen-bond donors (Lipinski definition) is 1. The van der Waals surface area contributed by atoms with Crippen molar-refractivity contribution in [3.63, 3.8) is 0 Å². The molecule has 134 valence electrons. The lowest BCUT2D eigenvalue weighted by Crippen LogP contribution is -2.26. The summed E-state index contributed by atoms with van der Waals surface area (Å²) in [5.41, 5.74) is 1.03. The third kappa shape index (κ3) is 5.86. The summed E-state index contributed by atoms with van der Waals surface area (Å²) in [4.78, 5) is 28.8. The number of aromatic nitrogens is 3. The van der Waals surface area contributed by atoms with Gasteiger partial charge in [-0.25, -0.2) is 0 Å². The fourth-order valence-corrected chi connectivity index (χ4v) is 2.30. The van der Waals surface area contributed by atoms with E-state index in [1.807, 2.05) is 52.5 Å². The van der Waals surface area contributed by atoms with Gasteiger partial charge in [0.05, 0.1) is 6.54 Å². The second-order valence-electron chi connectivity index (χ2n) is 6.05. The predicted octanol–water partition coefficient (Wildman–Crippen LogP) is 1.91. The molecular formula is C17H23ClN6O. The van der Waals surface area contributed by atoms with E-state index in [-0.39, 0.29) is 12.5 Å². The Balaban J connectivity index is 1.94. The minimum Gasteiger partial charge on any atom is -0.349 e. The average Bonchev–Trinajstić information content (AvgIpc) is 2.57. The van der Waals surface area contributed by atoms with Crippen molar-refractivity contribution in [3.05, 3.63) is 40.7 Å². The molecule has 7 nitrogen and oxygen atoms in total. The SMILES string of the molecule is CN(C)c1nc(CNC(=O)CCc2cccc(Cl)c2)nc(N(C)C)n1. The van der Waals surface area contributed by atoms with E-state index in [0.29, 0.717) is 35.6 Å². The first-order valence-corrected chi connectivity index (χ1v) is 8.33. The Labute approximate surface area is 153 Å². The van der Waals surface area contributed by atoms with Crippen LogP contribution in [-0.2, 0) is 17.8 Å². The summed E-state index contributed by atoms with van der Waals surface area (Å²) < 4.78 is 0. The molecule has 0 fully saturated rings. The van der Waals surface area contributed by atoms with Crippen LogP contribution in [0.4, 0.5) is 11.9 Å². The molecular weight excluding hydrogens is 340 g/mol. The average molecular weight is 363 g/mol. The Morgan fingerprint density at radius 3 is 2.28 bits per heavy atom. The summed E-state index contributed by atoms with van der Waals surface area (Å²) in [6, 6.07) is 7.52. The van der Waals surface area contributed by atoms with Gasteiger partial charge in [-0.2, -0.15) is 15.0 Å². The van der Waals surface area contributed by atoms with Crippen molar-refractivity contribution in [1.29, 1.82) is 0 Å². The highest BCUT2D eigenvalue weighted by atomic mass is 35.5. The Kier molecular flexibility index (Phi) is 6.52. The van der Waals surface area contributed by atoms with Gasteiger partial charge in [0, 0.05) is 39.6 Å². The second-order valence-corrected chi connectivity index (χ2v) is 6.48. The second kappa shape index (κ2) is 8.62. The zero-order valence-corrected chi connectivity index (χ0v) is 15.7. The van der Waals surface area contributed by atoms with Gasteiger partial charge in [0.25, 0.3) is 0 Å². The molecule has 1 N–H and O–H groups in total. The highest BCUT2D eigenvalue weighted by molar-refractivity contribution is 6.30. The normalized spacial score (nSPS) is 10.4. The van der Waals surface area contributed by atoms with Gasteiger partial charge >= 0.3 is 0 Å². The summed E-state index contributed by atoms with van der Waals surface area (Å²) in [5, 5.41) is 3.53. The van der Waals surface area contributed by atoms with Gasteiger partial charge in [-0.15, -0.1) is 0 Å². The monoisotopic (exact) mass is 362 g/mol. The van der Waals surface area contributed by atoms with Gasteiger partial charge in [-0.3, -0.25) is 4.79 Å². The number of nitrogens with one attached hydrogen (secondary N) is 1. The molecule has 0 unspecified atom stereocenters. The zero-order valence-electron chi connectivity index (χ0n) is 15.0. The molecule has 0 saturated heterocycles. The van der Waals surface area contributed by atoms with E-state index in [1.54, 1.807) is 9.80 Å². The standard InChI is InChI=1S/C17H23ClN6O/c1-23(2)16-20-14(21-17(22-16)24(3)4)11-19-15(25)9-8-12-6-5-7-13(18)10-12/h5-7,10H,8-9,11H2,1-4H3,(H,19,25). The van der Waals surface area contributed by atoms with E-state index in [9.17, 15) is 4.79 Å². The lowest BCUT2D eigenvalue weighted by molar-refractivity contribution is -0.121. The molecule has 1 heterocycles. The number of rotatable bonds is 7. The Morgan fingerprint density at radius 2 is 1.72 bits per heavy atom. The Bertz CT molecular complexity index is 709. The molecule has 0 aliphatic heterocycles. The fraction of sp³-hybridized carbons (Fsp3) is 0.412. The molecule has 2 rings (SSSR count). The summed E-state index contributed by atoms with van der Waals surface area (Å²) in [5.74, 6) is 1.58. The molecule has 0 radical (unpaired) electrons. The van der Waals surface area contributed by atoms with Gasteiger partial charge in [-0.05, 0) is 24.1 Å². The molecule has 1 amide bonds. The van der Waals surface area contributed by atoms with E-state index in [2.05, 4.69) is 20.3 Å². The Morgan fingerprint density at radius 1 is 1.08 bits per heavy atom. The van der Waals surface area contributed by atoms with Crippen molar-refractivity contribution in [1.82, 2.24) is 20.3 Å². The van der Waals surface area contributed by atoms with E-state index < -0.39 is 0 Å². The maximum Gasteiger partial charge on any atom is 0.229 e. The quantitative estimate of drug-likeness (QED) is 0.811. The zero-order chi connectivity index (χ0) is 18.4. The van der Waals surface area contributed by atoms with Crippen molar-refractivity contribution < 1.29 is 4.79 Å². The first-order chi connectivity index (χ1) is 11.8. The molecule has 0 aliphatic rings. The van der Waals surface area contributed by atoms with E-state index in [1.165, 1.54) is 0 Å². The van der Waals surface area contributed by atoms with Crippen LogP contribution in [0.1, 0.15) is 17.8 Å². The minimum absolute atomic E-state index is 0.0572. The van der Waals surface area contributed by atoms with Crippen molar-refractivity contribution in [2.24, 2.45) is 0 Å². The van der Waals surface area contributed by atoms with E-state index in [0.717, 1.165) is 5.56 Å². The van der Waals surface area contributed by atoms with E-state index >= 15 is 0 Å². The van der Waals surface area contributed by atoms with Crippen molar-refractivity contribution >= 4 is 29.4 Å². The fourth-order valence-electron chi connectivity index (χ4n) is 2.09. The van der Waals surface area contributed by atoms with Crippen LogP contribution >= 0.6 is 11.6 Å². The van der Waals surface area contributed by atoms with Crippen LogP contribution in [0.5, 0.6) is 0 Å². The smallest absolute Gasteiger partial charge is 0.229 e. The van der Waals surface area contributed by atoms with Crippen molar-refractivity contribution in [2.45, 2.75) is 19.4 Å². The maximum absolute atomic E-state index is 12.1. The highest BCUT2D eigenvalue weighted by Crippen LogP contribution is 2.12. The third-order valence-corrected chi connectivity index (χ3v) is 3.67. The maximum atomic E-state index is 12.1. The Hall–Kier alpha value is -2.41. The van der Waals surface area contributed by atoms with Gasteiger partial charge < -0.3 is 15.1 Å². The topological polar surface area (TPSA) is 74.2 Å². The van der Waals surface area contributed by atoms with Gasteiger partial charge in [-0.1, -0.05) is 23.7 Å². The van der Waals surface area contributed by atoms with Crippen LogP contribution in [-0.4, -0.2) is 49.0 Å². The molecule has 2 aromatic rings. The van der Waals surface area contributed by atoms with Crippen LogP contribution in [0.15, 0.2) is 24.3 Å². The summed E-state index contributed by atoms with van der Waals surface area (Å²) in [6.45, 7) is 0.262. The van der Waals surface area contributed by atoms with Gasteiger partial charge in [0.2, 0.25) is 17.8 Å². The number of benzene rings is 1. The lowest BCUT2D eigenvalue weighted by atomic mass is 10.1. The summed E-state index contributed by atoms with van der Waals surface area (Å²) >= 11 is 5.95. The van der Waals surface area contributed by atoms with Crippen LogP contribution in [0.3, 0.4) is 0 Å². The minimum atomic E-state index is -0.0572. The van der Waals surface area contributed by atoms with Crippen LogP contribution in [0, 0.1) is 0 Å². The highest BCUT2D eigenvalue weighted by Gasteiger charge is 2.11. The molecule has 1 aromatic heterocycles. The largest absolute Gasteiger partial charge is 0.349 e. The molecule has 1 aromatic carbocycles. The van der Waals surface area contributed by atoms with Crippen molar-refractivity contribution in [3.8, 4) is 0 Å². The molecule has 25 heavy (non-hydrogen) atoms. The van der Waals surface area contributed by atoms with Crippen LogP contribution < -0.4 is 15.1 Å². The van der Waals surface area contributed by atoms with Crippen LogP contribution in [0.25, 0.3) is 0 Å². The van der Waals surface area contributed by atoms with Gasteiger partial charge in [0.15, 0.2) is 5.82 Å². The third-order valence-electron chi connectivity index (χ3n) is 3.43. The summed E-state index contributed by atoms with van der Waals surface area (Å²) in [6.07, 6.45) is 1.02. The molecule has 0 bridgehead atoms. The first kappa shape index (κ1) is 18.9. The molecule has 0 spiro atoms. The molecule has 0 saturated carbocycles. The van der Waals surface area contributed by atoms with Crippen molar-refractivity contribution in [2.75, 3.05) is 38.0 Å². The number of hydrogen-bond acceptors (Lipinski definition) is 6. The number of aryl methyl sites for hydroxylation is 1. The predicted molar refractivity (Wildman–Crippen MR) is 100 cm³/mol. The molecule has 0 atom stereocenters. The van der Waals surface area contributed by atoms with E-state index in [4.69, 9.17) is 11.6 Å². The first-order valence-electron chi connectivity index (χ1n) is 7.96. The number of nitrogens with zero attached hydrogens (tertiary/aromatic N) is 5. The molecule has 0 aliphatic carbocycles. The van der Waals surface area contributed by atoms with Gasteiger partial charge in [0.1, 0.15) is 0 Å². The number of anilines is 2. The molecule has 8 heteroatoms. The number of halogens is 1.